The number of nitrogens with zero attached hydrogens (tertiary/aromatic N) is 1. The first-order valence-corrected chi connectivity index (χ1v) is 17.2. The van der Waals surface area contributed by atoms with Crippen LogP contribution in [-0.4, -0.2) is 26.8 Å². The fraction of sp³-hybridized carbons (Fsp3) is 0. The van der Waals surface area contributed by atoms with E-state index in [9.17, 15) is 21.6 Å². The van der Waals surface area contributed by atoms with Crippen molar-refractivity contribution in [3.8, 4) is 0 Å². The number of nitrogens with one attached hydrogen (secondary N) is 1. The first-order chi connectivity index (χ1) is 20.8. The van der Waals surface area contributed by atoms with Gasteiger partial charge in [0.2, 0.25) is 25.1 Å². The van der Waals surface area contributed by atoms with Gasteiger partial charge in [0.1, 0.15) is 9.79 Å². The third-order valence-electron chi connectivity index (χ3n) is 6.37. The van der Waals surface area contributed by atoms with Gasteiger partial charge in [-0.2, -0.15) is 0 Å². The molecule has 2 heterocycles. The monoisotopic (exact) mass is 724 g/mol. The second-order valence-electron chi connectivity index (χ2n) is 9.18. The Labute approximate surface area is 276 Å². The number of hydrogen-bond acceptors (Lipinski definition) is 6. The molecule has 1 N–H and O–H groups in total. The Morgan fingerprint density at radius 2 is 1.05 bits per heavy atom. The smallest absolute Gasteiger partial charge is 0.211 e. The first kappa shape index (κ1) is 32.2. The van der Waals surface area contributed by atoms with Crippen LogP contribution in [0.15, 0.2) is 122 Å². The maximum absolute atomic E-state index is 12.7. The van der Waals surface area contributed by atoms with Crippen molar-refractivity contribution in [1.82, 2.24) is 9.97 Å². The molecule has 6 rings (SSSR count). The van der Waals surface area contributed by atoms with Gasteiger partial charge in [0.05, 0.1) is 25.8 Å². The van der Waals surface area contributed by atoms with Crippen molar-refractivity contribution in [3.05, 3.63) is 133 Å². The molecule has 44 heavy (non-hydrogen) atoms. The average Bonchev–Trinajstić information content (AvgIpc) is 2.98. The SMILES string of the molecule is O=S(=O)(c1ccc(Cl)cc1)c1cnc2cc(Cl)ccc2c1Cl.O=c1c(S(=O)(=O)c2ccc(Cl)cc2)c[nH]c2cc(Cl)ccc12. The predicted octanol–water partition coefficient (Wildman–Crippen LogP) is 8.70. The van der Waals surface area contributed by atoms with Gasteiger partial charge < -0.3 is 4.98 Å². The van der Waals surface area contributed by atoms with Gasteiger partial charge >= 0.3 is 0 Å². The number of sulfone groups is 2. The van der Waals surface area contributed by atoms with Crippen LogP contribution >= 0.6 is 58.0 Å². The van der Waals surface area contributed by atoms with Crippen LogP contribution in [0.25, 0.3) is 21.8 Å². The number of benzene rings is 4. The number of H-pyrrole nitrogens is 1. The summed E-state index contributed by atoms with van der Waals surface area (Å²) in [6.45, 7) is 0. The first-order valence-electron chi connectivity index (χ1n) is 12.3. The summed E-state index contributed by atoms with van der Waals surface area (Å²) in [6, 6.07) is 21.0. The highest BCUT2D eigenvalue weighted by molar-refractivity contribution is 7.91. The lowest BCUT2D eigenvalue weighted by atomic mass is 10.2. The fourth-order valence-electron chi connectivity index (χ4n) is 4.16. The molecule has 0 fully saturated rings. The summed E-state index contributed by atoms with van der Waals surface area (Å²) >= 11 is 29.6. The number of halogens is 5. The zero-order valence-corrected chi connectivity index (χ0v) is 27.3. The minimum Gasteiger partial charge on any atom is -0.360 e. The van der Waals surface area contributed by atoms with E-state index in [0.717, 1.165) is 0 Å². The summed E-state index contributed by atoms with van der Waals surface area (Å²) in [6.07, 6.45) is 2.43. The van der Waals surface area contributed by atoms with Crippen molar-refractivity contribution in [2.45, 2.75) is 19.6 Å². The number of aromatic amines is 1. The molecule has 2 aromatic heterocycles. The third-order valence-corrected chi connectivity index (χ3v) is 11.4. The standard InChI is InChI=1S/C15H8Cl3NO2S.C15H9Cl2NO3S/c16-9-1-4-11(5-2-9)22(20,21)14-8-19-13-7-10(17)3-6-12(13)15(14)18;16-9-1-4-11(5-2-9)22(20,21)14-8-18-13-7-10(17)3-6-12(13)15(14)19/h1-8H;1-8H,(H,18,19). The van der Waals surface area contributed by atoms with E-state index in [2.05, 4.69) is 9.97 Å². The van der Waals surface area contributed by atoms with Gasteiger partial charge in [-0.3, -0.25) is 9.78 Å². The molecule has 0 aliphatic rings. The van der Waals surface area contributed by atoms with Gasteiger partial charge in [0.25, 0.3) is 0 Å². The summed E-state index contributed by atoms with van der Waals surface area (Å²) in [5.74, 6) is 0. The quantitative estimate of drug-likeness (QED) is 0.195. The normalized spacial score (nSPS) is 11.8. The minimum absolute atomic E-state index is 0.00992. The zero-order valence-electron chi connectivity index (χ0n) is 21.9. The van der Waals surface area contributed by atoms with Crippen LogP contribution in [0, 0.1) is 0 Å². The van der Waals surface area contributed by atoms with Crippen molar-refractivity contribution < 1.29 is 16.8 Å². The van der Waals surface area contributed by atoms with Crippen LogP contribution in [0.4, 0.5) is 0 Å². The highest BCUT2D eigenvalue weighted by atomic mass is 35.5. The van der Waals surface area contributed by atoms with Crippen LogP contribution in [-0.2, 0) is 19.7 Å². The van der Waals surface area contributed by atoms with E-state index in [4.69, 9.17) is 58.0 Å². The molecule has 6 aromatic rings. The van der Waals surface area contributed by atoms with Crippen molar-refractivity contribution in [3.63, 3.8) is 0 Å². The van der Waals surface area contributed by atoms with E-state index < -0.39 is 25.1 Å². The molecule has 7 nitrogen and oxygen atoms in total. The van der Waals surface area contributed by atoms with E-state index in [1.54, 1.807) is 24.3 Å². The van der Waals surface area contributed by atoms with Gasteiger partial charge in [-0.05, 0) is 84.9 Å². The second kappa shape index (κ2) is 12.7. The third kappa shape index (κ3) is 6.46. The van der Waals surface area contributed by atoms with E-state index in [1.807, 2.05) is 0 Å². The predicted molar refractivity (Wildman–Crippen MR) is 175 cm³/mol. The molecule has 0 radical (unpaired) electrons. The topological polar surface area (TPSA) is 114 Å². The molecule has 14 heteroatoms. The van der Waals surface area contributed by atoms with Crippen LogP contribution in [0.2, 0.25) is 25.1 Å². The molecule has 0 aliphatic heterocycles. The molecule has 0 aliphatic carbocycles. The Morgan fingerprint density at radius 1 is 0.568 bits per heavy atom. The molecule has 4 aromatic carbocycles. The summed E-state index contributed by atoms with van der Waals surface area (Å²) < 4.78 is 50.5. The summed E-state index contributed by atoms with van der Waals surface area (Å²) in [4.78, 5) is 19.1. The van der Waals surface area contributed by atoms with Gasteiger partial charge in [0.15, 0.2) is 0 Å². The summed E-state index contributed by atoms with van der Waals surface area (Å²) in [5, 5.41) is 2.75. The van der Waals surface area contributed by atoms with Crippen LogP contribution < -0.4 is 5.43 Å². The molecule has 0 unspecified atom stereocenters. The Morgan fingerprint density at radius 3 is 1.61 bits per heavy atom. The zero-order chi connectivity index (χ0) is 31.8. The minimum atomic E-state index is -3.92. The highest BCUT2D eigenvalue weighted by Crippen LogP contribution is 2.33. The van der Waals surface area contributed by atoms with E-state index >= 15 is 0 Å². The maximum Gasteiger partial charge on any atom is 0.211 e. The van der Waals surface area contributed by atoms with Crippen LogP contribution in [0.3, 0.4) is 0 Å². The largest absolute Gasteiger partial charge is 0.360 e. The second-order valence-corrected chi connectivity index (χ2v) is 15.1. The van der Waals surface area contributed by atoms with E-state index in [-0.39, 0.29) is 30.0 Å². The number of pyridine rings is 2. The Balaban J connectivity index is 0.000000175. The van der Waals surface area contributed by atoms with Crippen LogP contribution in [0.1, 0.15) is 0 Å². The molecule has 224 valence electrons. The number of fused-ring (bicyclic) bond motifs is 2. The van der Waals surface area contributed by atoms with Gasteiger partial charge in [-0.25, -0.2) is 16.8 Å². The number of hydrogen-bond donors (Lipinski definition) is 1. The van der Waals surface area contributed by atoms with Gasteiger partial charge in [-0.15, -0.1) is 0 Å². The summed E-state index contributed by atoms with van der Waals surface area (Å²) in [5.41, 5.74) is 0.445. The molecule has 0 atom stereocenters. The molecule has 0 amide bonds. The molecule has 0 saturated heterocycles. The Hall–Kier alpha value is -3.15. The number of rotatable bonds is 4. The lowest BCUT2D eigenvalue weighted by Crippen LogP contribution is -2.16. The Bertz CT molecular complexity index is 2330. The maximum atomic E-state index is 12.7. The molecule has 0 saturated carbocycles. The van der Waals surface area contributed by atoms with Gasteiger partial charge in [0, 0.05) is 43.3 Å². The molecule has 0 spiro atoms. The number of aromatic nitrogens is 2. The highest BCUT2D eigenvalue weighted by Gasteiger charge is 2.24. The fourth-order valence-corrected chi connectivity index (χ4v) is 7.86. The summed E-state index contributed by atoms with van der Waals surface area (Å²) in [7, 11) is -7.70. The van der Waals surface area contributed by atoms with Crippen molar-refractivity contribution >= 4 is 99.5 Å². The Kier molecular flexibility index (Phi) is 9.30. The lowest BCUT2D eigenvalue weighted by molar-refractivity contribution is 0.594. The van der Waals surface area contributed by atoms with E-state index in [1.165, 1.54) is 73.1 Å². The van der Waals surface area contributed by atoms with Crippen molar-refractivity contribution in [2.75, 3.05) is 0 Å². The average molecular weight is 727 g/mol. The molecular formula is C30H17Cl5N2O5S2. The van der Waals surface area contributed by atoms with Crippen molar-refractivity contribution in [1.29, 1.82) is 0 Å². The van der Waals surface area contributed by atoms with Crippen molar-refractivity contribution in [2.24, 2.45) is 0 Å². The van der Waals surface area contributed by atoms with E-state index in [0.29, 0.717) is 36.5 Å². The molecule has 0 bridgehead atoms. The van der Waals surface area contributed by atoms with Gasteiger partial charge in [-0.1, -0.05) is 58.0 Å². The lowest BCUT2D eigenvalue weighted by Gasteiger charge is -2.09. The molecular weight excluding hydrogens is 710 g/mol. The van der Waals surface area contributed by atoms with Crippen LogP contribution in [0.5, 0.6) is 0 Å².